The summed E-state index contributed by atoms with van der Waals surface area (Å²) < 4.78 is 64.3. The third kappa shape index (κ3) is 17.5. The number of Topliss-reactive ketones (excluding diaryl/α,β-unsaturated/α-hetero) is 1. The number of nitrogens with two attached hydrogens (primary N) is 1. The minimum atomic E-state index is -3.78. The van der Waals surface area contributed by atoms with Crippen molar-refractivity contribution < 1.29 is 64.7 Å². The fourth-order valence-electron chi connectivity index (χ4n) is 10.9. The monoisotopic (exact) mass is 1200 g/mol. The zero-order chi connectivity index (χ0) is 58.9. The van der Waals surface area contributed by atoms with E-state index in [-0.39, 0.29) is 41.8 Å². The highest BCUT2D eigenvalue weighted by molar-refractivity contribution is 7.91. The molecule has 2 saturated heterocycles. The Morgan fingerprint density at radius 3 is 1.56 bits per heavy atom. The lowest BCUT2D eigenvalue weighted by atomic mass is 10.0. The van der Waals surface area contributed by atoms with Crippen molar-refractivity contribution in [3.63, 3.8) is 0 Å². The molecule has 0 unspecified atom stereocenters. The van der Waals surface area contributed by atoms with E-state index in [0.717, 1.165) is 56.3 Å². The molecule has 22 nitrogen and oxygen atoms in total. The predicted octanol–water partition coefficient (Wildman–Crippen LogP) is 4.43. The van der Waals surface area contributed by atoms with Gasteiger partial charge in [0.15, 0.2) is 0 Å². The Labute approximate surface area is 488 Å². The van der Waals surface area contributed by atoms with Crippen LogP contribution in [-0.4, -0.2) is 146 Å². The van der Waals surface area contributed by atoms with Crippen molar-refractivity contribution in [2.24, 2.45) is 17.6 Å². The molecule has 0 radical (unpaired) electrons. The van der Waals surface area contributed by atoms with Gasteiger partial charge >= 0.3 is 6.09 Å². The zero-order valence-corrected chi connectivity index (χ0v) is 50.4. The maximum Gasteiger partial charge on any atom is 0.408 e. The molecule has 1 aromatic carbocycles. The summed E-state index contributed by atoms with van der Waals surface area (Å²) in [4.78, 5) is 106. The van der Waals surface area contributed by atoms with Crippen LogP contribution in [0.2, 0.25) is 0 Å². The molecule has 9 rings (SSSR count). The molecule has 456 valence electrons. The summed E-state index contributed by atoms with van der Waals surface area (Å²) in [6.07, 6.45) is 20.2. The number of sulfonamides is 2. The Morgan fingerprint density at radius 2 is 1.12 bits per heavy atom. The molecule has 4 saturated carbocycles. The fraction of sp³-hybridized carbons (Fsp3) is 0.684. The third-order valence-corrected chi connectivity index (χ3v) is 19.6. The predicted molar refractivity (Wildman–Crippen MR) is 308 cm³/mol. The van der Waals surface area contributed by atoms with Crippen LogP contribution in [0.5, 0.6) is 5.75 Å². The largest absolute Gasteiger partial charge is 0.497 e. The Kier molecular flexibility index (Phi) is 22.3. The van der Waals surface area contributed by atoms with E-state index in [1.54, 1.807) is 34.8 Å². The molecule has 4 heterocycles. The van der Waals surface area contributed by atoms with Crippen molar-refractivity contribution in [3.8, 4) is 5.75 Å². The quantitative estimate of drug-likeness (QED) is 0.177. The number of nitrogens with one attached hydrogen (secondary N) is 5. The van der Waals surface area contributed by atoms with Crippen LogP contribution in [0.25, 0.3) is 0 Å². The van der Waals surface area contributed by atoms with E-state index in [0.29, 0.717) is 103 Å². The number of methoxy groups -OCH3 is 1. The maximum absolute atomic E-state index is 13.6. The molecule has 0 bridgehead atoms. The van der Waals surface area contributed by atoms with E-state index >= 15 is 0 Å². The van der Waals surface area contributed by atoms with Crippen molar-refractivity contribution >= 4 is 79.8 Å². The van der Waals surface area contributed by atoms with Gasteiger partial charge < -0.3 is 41.0 Å². The number of ketones is 1. The van der Waals surface area contributed by atoms with Gasteiger partial charge in [-0.15, -0.1) is 12.4 Å². The van der Waals surface area contributed by atoms with Gasteiger partial charge in [-0.25, -0.2) is 21.6 Å². The molecule has 7 amide bonds. The van der Waals surface area contributed by atoms with Crippen molar-refractivity contribution in [2.45, 2.75) is 214 Å². The standard InChI is InChI=1S/C26H40N4O7S.C21H32N4O5S.C10H12O2.ClH/c1-25(2,3)37-24(34)27-19-11-8-6-4-5-7-10-17-16-26(17,23(33)29-38(35,36)18-13-14-18)28-21(31)20-12-9-15-30(20)22(19)32;22-16-8-5-3-1-2-4-7-14-13-21(14,20(28)24-31(29,30)15-10-11-15)23-18(26)17-9-6-12-25(17)19(16)27;1-8(11)7-9-3-5-10(12-2)6-4-9;/h7,10,17-20H,4-6,8-9,11-16H2,1-3H3,(H,27,34)(H,28,31)(H,29,33);4,7,14-17H,1-3,5-6,8-13,22H2,(H,23,26)(H,24,28);3-6H,7H2,1-2H3;1H/b10-7-;7-4-;;/t17-,19+,20+,26-;14-,16+,17+,21-;;/m11../s1. The van der Waals surface area contributed by atoms with E-state index in [4.69, 9.17) is 15.2 Å². The SMILES string of the molecule is CC(C)(C)OC(=O)N[C@H]1CCCCC/C=C\[C@@H]2C[C@@]2(C(=O)NS(=O)(=O)C2CC2)NC(=O)[C@@H]2CCCN2C1=O.COc1ccc(CC(C)=O)cc1.Cl.N[C@H]1CCCCC/C=C\[C@@H]2C[C@@]2(C(=O)NS(=O)(=O)C2CC2)NC(=O)[C@@H]2CCCN2C1=O. The van der Waals surface area contributed by atoms with Gasteiger partial charge in [-0.3, -0.25) is 43.0 Å². The Balaban J connectivity index is 0.000000220. The molecular formula is C57H85ClN8O14S2. The van der Waals surface area contributed by atoms with Crippen LogP contribution in [0.3, 0.4) is 0 Å². The summed E-state index contributed by atoms with van der Waals surface area (Å²) in [6.45, 7) is 7.63. The number of nitrogens with zero attached hydrogens (tertiary/aromatic N) is 2. The van der Waals surface area contributed by atoms with Crippen LogP contribution >= 0.6 is 12.4 Å². The number of halogens is 1. The summed E-state index contributed by atoms with van der Waals surface area (Å²) >= 11 is 0. The molecule has 4 aliphatic carbocycles. The number of rotatable bonds is 10. The minimum Gasteiger partial charge on any atom is -0.497 e. The summed E-state index contributed by atoms with van der Waals surface area (Å²) in [5.74, 6) is -2.48. The second-order valence-electron chi connectivity index (χ2n) is 23.9. The molecule has 7 N–H and O–H groups in total. The number of benzene rings is 1. The second kappa shape index (κ2) is 27.9. The highest BCUT2D eigenvalue weighted by Crippen LogP contribution is 2.47. The maximum atomic E-state index is 13.6. The van der Waals surface area contributed by atoms with Gasteiger partial charge in [-0.1, -0.05) is 62.1 Å². The first-order valence-corrected chi connectivity index (χ1v) is 32.0. The van der Waals surface area contributed by atoms with Gasteiger partial charge in [0, 0.05) is 31.3 Å². The van der Waals surface area contributed by atoms with Crippen molar-refractivity contribution in [1.29, 1.82) is 0 Å². The lowest BCUT2D eigenvalue weighted by Crippen LogP contribution is -2.58. The first-order valence-electron chi connectivity index (χ1n) is 28.9. The summed E-state index contributed by atoms with van der Waals surface area (Å²) in [7, 11) is -5.88. The molecule has 82 heavy (non-hydrogen) atoms. The number of carbonyl (C=O) groups excluding carboxylic acids is 8. The number of fused-ring (bicyclic) bond motifs is 4. The first kappa shape index (κ1) is 65.6. The highest BCUT2D eigenvalue weighted by Gasteiger charge is 2.63. The van der Waals surface area contributed by atoms with Gasteiger partial charge in [0.1, 0.15) is 46.3 Å². The lowest BCUT2D eigenvalue weighted by Gasteiger charge is -2.30. The molecule has 25 heteroatoms. The number of hydrogen-bond acceptors (Lipinski definition) is 15. The number of alkyl carbamates (subject to hydrolysis) is 1. The summed E-state index contributed by atoms with van der Waals surface area (Å²) in [5.41, 5.74) is 3.77. The van der Waals surface area contributed by atoms with Crippen LogP contribution in [0.1, 0.15) is 162 Å². The van der Waals surface area contributed by atoms with Gasteiger partial charge in [-0.2, -0.15) is 0 Å². The van der Waals surface area contributed by atoms with Gasteiger partial charge in [-0.05, 0) is 148 Å². The molecule has 8 aliphatic rings. The molecular weight excluding hydrogens is 1120 g/mol. The van der Waals surface area contributed by atoms with Crippen LogP contribution < -0.4 is 35.9 Å². The van der Waals surface area contributed by atoms with Gasteiger partial charge in [0.2, 0.25) is 43.7 Å². The third-order valence-electron chi connectivity index (χ3n) is 16.0. The summed E-state index contributed by atoms with van der Waals surface area (Å²) in [6, 6.07) is 4.55. The number of carbonyl (C=O) groups is 8. The smallest absolute Gasteiger partial charge is 0.408 e. The van der Waals surface area contributed by atoms with E-state index in [1.807, 2.05) is 48.6 Å². The first-order chi connectivity index (χ1) is 38.3. The molecule has 1 aromatic rings. The summed E-state index contributed by atoms with van der Waals surface area (Å²) in [5, 5.41) is 7.26. The Hall–Kier alpha value is -5.59. The molecule has 6 fully saturated rings. The minimum absolute atomic E-state index is 0. The normalized spacial score (nSPS) is 29.5. The van der Waals surface area contributed by atoms with Crippen LogP contribution in [0.4, 0.5) is 4.79 Å². The van der Waals surface area contributed by atoms with E-state index in [9.17, 15) is 55.2 Å². The van der Waals surface area contributed by atoms with Crippen molar-refractivity contribution in [3.05, 3.63) is 54.1 Å². The van der Waals surface area contributed by atoms with E-state index in [2.05, 4.69) is 25.4 Å². The van der Waals surface area contributed by atoms with Gasteiger partial charge in [0.05, 0.1) is 23.7 Å². The molecule has 8 atom stereocenters. The van der Waals surface area contributed by atoms with E-state index < -0.39 is 101 Å². The molecule has 0 aromatic heterocycles. The average molecular weight is 1210 g/mol. The fourth-order valence-corrected chi connectivity index (χ4v) is 13.7. The van der Waals surface area contributed by atoms with Gasteiger partial charge in [0.25, 0.3) is 11.8 Å². The van der Waals surface area contributed by atoms with Crippen LogP contribution in [-0.2, 0) is 64.8 Å². The lowest BCUT2D eigenvalue weighted by molar-refractivity contribution is -0.141. The second-order valence-corrected chi connectivity index (χ2v) is 27.9. The topological polar surface area (TPSA) is 316 Å². The number of allylic oxidation sites excluding steroid dienone is 2. The molecule has 0 spiro atoms. The number of ether oxygens (including phenoxy) is 2. The zero-order valence-electron chi connectivity index (χ0n) is 47.9. The van der Waals surface area contributed by atoms with Crippen LogP contribution in [0.15, 0.2) is 48.6 Å². The Morgan fingerprint density at radius 1 is 0.659 bits per heavy atom. The number of amides is 7. The van der Waals surface area contributed by atoms with Crippen LogP contribution in [0, 0.1) is 11.8 Å². The Bertz CT molecular complexity index is 2800. The van der Waals surface area contributed by atoms with E-state index in [1.165, 1.54) is 9.80 Å². The molecule has 4 aliphatic heterocycles. The highest BCUT2D eigenvalue weighted by atomic mass is 35.5. The van der Waals surface area contributed by atoms with Crippen molar-refractivity contribution in [1.82, 2.24) is 35.2 Å². The number of hydrogen-bond donors (Lipinski definition) is 6. The van der Waals surface area contributed by atoms with Crippen molar-refractivity contribution in [2.75, 3.05) is 20.2 Å². The average Bonchev–Trinajstić information content (AvgIpc) is 3.07.